The van der Waals surface area contributed by atoms with E-state index in [1.807, 2.05) is 12.1 Å². The predicted molar refractivity (Wildman–Crippen MR) is 115 cm³/mol. The van der Waals surface area contributed by atoms with Gasteiger partial charge in [-0.25, -0.2) is 0 Å². The minimum atomic E-state index is 0.699. The monoisotopic (exact) mass is 343 g/mol. The van der Waals surface area contributed by atoms with E-state index in [-0.39, 0.29) is 0 Å². The van der Waals surface area contributed by atoms with Crippen LogP contribution in [0.2, 0.25) is 0 Å². The summed E-state index contributed by atoms with van der Waals surface area (Å²) in [4.78, 5) is 0. The van der Waals surface area contributed by atoms with Gasteiger partial charge in [-0.05, 0) is 58.7 Å². The molecule has 2 atom stereocenters. The lowest BCUT2D eigenvalue weighted by atomic mass is 9.90. The van der Waals surface area contributed by atoms with E-state index >= 15 is 0 Å². The zero-order valence-corrected chi connectivity index (χ0v) is 15.9. The molecule has 1 saturated carbocycles. The average Bonchev–Trinajstić information content (AvgIpc) is 3.48. The van der Waals surface area contributed by atoms with Crippen molar-refractivity contribution >= 4 is 17.3 Å². The summed E-state index contributed by atoms with van der Waals surface area (Å²) in [6.07, 6.45) is 13.0. The van der Waals surface area contributed by atoms with Crippen LogP contribution in [-0.2, 0) is 0 Å². The molecule has 0 aromatic heterocycles. The third-order valence-electron chi connectivity index (χ3n) is 5.02. The Kier molecular flexibility index (Phi) is 6.12. The molecule has 2 aliphatic carbocycles. The second-order valence-electron chi connectivity index (χ2n) is 7.10. The van der Waals surface area contributed by atoms with Gasteiger partial charge in [0.1, 0.15) is 0 Å². The lowest BCUT2D eigenvalue weighted by Gasteiger charge is -2.15. The molecule has 1 nitrogen and oxygen atoms in total. The molecular formula is C25H29N. The van der Waals surface area contributed by atoms with Crippen LogP contribution < -0.4 is 5.73 Å². The highest BCUT2D eigenvalue weighted by Crippen LogP contribution is 2.51. The summed E-state index contributed by atoms with van der Waals surface area (Å²) in [7, 11) is 0. The molecule has 2 N–H and O–H groups in total. The van der Waals surface area contributed by atoms with Crippen LogP contribution in [0.25, 0.3) is 11.6 Å². The van der Waals surface area contributed by atoms with Gasteiger partial charge in [0.05, 0.1) is 0 Å². The molecule has 2 aromatic rings. The molecule has 0 saturated heterocycles. The van der Waals surface area contributed by atoms with Crippen LogP contribution in [0, 0.1) is 11.8 Å². The maximum atomic E-state index is 5.80. The summed E-state index contributed by atoms with van der Waals surface area (Å²) in [5, 5.41) is 0. The Bertz CT molecular complexity index is 792. The summed E-state index contributed by atoms with van der Waals surface area (Å²) < 4.78 is 0. The molecule has 134 valence electrons. The quantitative estimate of drug-likeness (QED) is 0.482. The average molecular weight is 344 g/mol. The summed E-state index contributed by atoms with van der Waals surface area (Å²) in [6, 6.07) is 18.8. The first-order chi connectivity index (χ1) is 12.7. The Hall–Kier alpha value is -2.54. The molecule has 2 aromatic carbocycles. The number of unbranched alkanes of at least 4 members (excludes halogenated alkanes) is 1. The third kappa shape index (κ3) is 4.54. The Morgan fingerprint density at radius 3 is 2.35 bits per heavy atom. The van der Waals surface area contributed by atoms with Crippen LogP contribution in [0.3, 0.4) is 0 Å². The van der Waals surface area contributed by atoms with Crippen LogP contribution in [0.1, 0.15) is 44.2 Å². The zero-order chi connectivity index (χ0) is 18.4. The summed E-state index contributed by atoms with van der Waals surface area (Å²) >= 11 is 0. The van der Waals surface area contributed by atoms with E-state index in [1.54, 1.807) is 0 Å². The Labute approximate surface area is 157 Å². The molecule has 0 bridgehead atoms. The standard InChI is InChI=1S/C21H19N.C4H10/c22-18-11-9-15(10-12-18)13-20(16-5-2-1-3-6-16)19-8-4-7-17-14-21(17)19;1-3-4-2/h1-13,17,21H,14,22H2;3-4H2,1-2H3/b20-13-;. The number of nitrogen functional groups attached to an aromatic ring is 1. The van der Waals surface area contributed by atoms with E-state index in [0.29, 0.717) is 5.92 Å². The van der Waals surface area contributed by atoms with Gasteiger partial charge in [0.25, 0.3) is 0 Å². The first-order valence-electron chi connectivity index (χ1n) is 9.74. The van der Waals surface area contributed by atoms with Crippen molar-refractivity contribution in [2.24, 2.45) is 11.8 Å². The van der Waals surface area contributed by atoms with Crippen molar-refractivity contribution in [2.45, 2.75) is 33.1 Å². The molecule has 1 fully saturated rings. The predicted octanol–water partition coefficient (Wildman–Crippen LogP) is 6.75. The van der Waals surface area contributed by atoms with Crippen molar-refractivity contribution in [1.82, 2.24) is 0 Å². The van der Waals surface area contributed by atoms with Gasteiger partial charge in [0.15, 0.2) is 0 Å². The SMILES string of the molecule is CCCC.Nc1ccc(/C=C(\C2=CC=CC3CC23)c2ccccc2)cc1. The first-order valence-corrected chi connectivity index (χ1v) is 9.74. The normalized spacial score (nSPS) is 20.5. The minimum absolute atomic E-state index is 0.699. The van der Waals surface area contributed by atoms with E-state index in [9.17, 15) is 0 Å². The summed E-state index contributed by atoms with van der Waals surface area (Å²) in [6.45, 7) is 4.36. The van der Waals surface area contributed by atoms with Gasteiger partial charge < -0.3 is 5.73 Å². The van der Waals surface area contributed by atoms with Crippen LogP contribution >= 0.6 is 0 Å². The van der Waals surface area contributed by atoms with Gasteiger partial charge >= 0.3 is 0 Å². The van der Waals surface area contributed by atoms with Gasteiger partial charge in [-0.3, -0.25) is 0 Å². The minimum Gasteiger partial charge on any atom is -0.399 e. The van der Waals surface area contributed by atoms with E-state index in [2.05, 4.69) is 80.6 Å². The van der Waals surface area contributed by atoms with Crippen molar-refractivity contribution in [2.75, 3.05) is 5.73 Å². The molecule has 0 spiro atoms. The fourth-order valence-electron chi connectivity index (χ4n) is 3.21. The zero-order valence-electron chi connectivity index (χ0n) is 15.9. The topological polar surface area (TPSA) is 26.0 Å². The Morgan fingerprint density at radius 2 is 1.69 bits per heavy atom. The van der Waals surface area contributed by atoms with Crippen molar-refractivity contribution in [3.05, 3.63) is 89.5 Å². The van der Waals surface area contributed by atoms with E-state index in [4.69, 9.17) is 5.73 Å². The Morgan fingerprint density at radius 1 is 1.00 bits per heavy atom. The molecule has 0 aliphatic heterocycles. The van der Waals surface area contributed by atoms with Gasteiger partial charge in [-0.2, -0.15) is 0 Å². The molecule has 1 heteroatoms. The van der Waals surface area contributed by atoms with Crippen LogP contribution in [0.15, 0.2) is 78.4 Å². The van der Waals surface area contributed by atoms with Crippen molar-refractivity contribution in [1.29, 1.82) is 0 Å². The largest absolute Gasteiger partial charge is 0.399 e. The van der Waals surface area contributed by atoms with Crippen LogP contribution in [-0.4, -0.2) is 0 Å². The number of nitrogens with two attached hydrogens (primary N) is 1. The third-order valence-corrected chi connectivity index (χ3v) is 5.02. The number of rotatable bonds is 4. The fraction of sp³-hybridized carbons (Fsp3) is 0.280. The van der Waals surface area contributed by atoms with Gasteiger partial charge in [0.2, 0.25) is 0 Å². The molecule has 2 aliphatic rings. The molecule has 0 radical (unpaired) electrons. The molecule has 4 rings (SSSR count). The molecule has 2 unspecified atom stereocenters. The van der Waals surface area contributed by atoms with Gasteiger partial charge in [0, 0.05) is 5.69 Å². The number of benzene rings is 2. The maximum absolute atomic E-state index is 5.80. The maximum Gasteiger partial charge on any atom is 0.0314 e. The molecule has 0 heterocycles. The lowest BCUT2D eigenvalue weighted by molar-refractivity contribution is 0.886. The van der Waals surface area contributed by atoms with E-state index in [0.717, 1.165) is 11.6 Å². The van der Waals surface area contributed by atoms with E-state index < -0.39 is 0 Å². The molecule has 26 heavy (non-hydrogen) atoms. The van der Waals surface area contributed by atoms with Crippen molar-refractivity contribution < 1.29 is 0 Å². The number of fused-ring (bicyclic) bond motifs is 1. The summed E-state index contributed by atoms with van der Waals surface area (Å²) in [5.41, 5.74) is 11.9. The number of hydrogen-bond acceptors (Lipinski definition) is 1. The summed E-state index contributed by atoms with van der Waals surface area (Å²) in [5.74, 6) is 1.45. The highest BCUT2D eigenvalue weighted by molar-refractivity contribution is 5.92. The van der Waals surface area contributed by atoms with E-state index in [1.165, 1.54) is 41.5 Å². The molecular weight excluding hydrogens is 314 g/mol. The fourth-order valence-corrected chi connectivity index (χ4v) is 3.21. The van der Waals surface area contributed by atoms with Crippen molar-refractivity contribution in [3.63, 3.8) is 0 Å². The number of anilines is 1. The van der Waals surface area contributed by atoms with Gasteiger partial charge in [-0.15, -0.1) is 0 Å². The first kappa shape index (κ1) is 18.3. The van der Waals surface area contributed by atoms with Crippen LogP contribution in [0.4, 0.5) is 5.69 Å². The van der Waals surface area contributed by atoms with Gasteiger partial charge in [-0.1, -0.05) is 87.4 Å². The van der Waals surface area contributed by atoms with Crippen molar-refractivity contribution in [3.8, 4) is 0 Å². The highest BCUT2D eigenvalue weighted by atomic mass is 14.5. The molecule has 0 amide bonds. The number of hydrogen-bond donors (Lipinski definition) is 1. The highest BCUT2D eigenvalue weighted by Gasteiger charge is 2.40. The van der Waals surface area contributed by atoms with Crippen LogP contribution in [0.5, 0.6) is 0 Å². The second kappa shape index (κ2) is 8.71. The Balaban J connectivity index is 0.000000447. The second-order valence-corrected chi connectivity index (χ2v) is 7.10. The lowest BCUT2D eigenvalue weighted by Crippen LogP contribution is -1.97. The number of allylic oxidation sites excluding steroid dienone is 5. The smallest absolute Gasteiger partial charge is 0.0314 e.